The molecule has 0 aromatic rings. The Bertz CT molecular complexity index is 426. The van der Waals surface area contributed by atoms with Crippen LogP contribution in [0.2, 0.25) is 18.6 Å². The molecule has 1 heterocycles. The van der Waals surface area contributed by atoms with Gasteiger partial charge in [0.25, 0.3) is 0 Å². The number of nitrogens with one attached hydrogen (secondary N) is 1. The highest BCUT2D eigenvalue weighted by molar-refractivity contribution is 6.76. The molecule has 1 aliphatic heterocycles. The second-order valence-electron chi connectivity index (χ2n) is 9.41. The fourth-order valence-electron chi connectivity index (χ4n) is 6.86. The Labute approximate surface area is 137 Å². The molecule has 8 unspecified atom stereocenters. The molecule has 0 spiro atoms. The first-order valence-corrected chi connectivity index (χ1v) is 12.9. The van der Waals surface area contributed by atoms with Crippen LogP contribution in [0.4, 0.5) is 0 Å². The largest absolute Gasteiger partial charge is 0.374 e. The maximum Gasteiger partial charge on any atom is 0.125 e. The molecule has 0 aromatic carbocycles. The minimum Gasteiger partial charge on any atom is -0.374 e. The van der Waals surface area contributed by atoms with Gasteiger partial charge < -0.3 is 9.72 Å². The highest BCUT2D eigenvalue weighted by Gasteiger charge is 2.63. The van der Waals surface area contributed by atoms with E-state index in [1.165, 1.54) is 44.9 Å². The number of hydrogen-bond donors (Lipinski definition) is 1. The second-order valence-corrected chi connectivity index (χ2v) is 14.0. The van der Waals surface area contributed by atoms with Crippen molar-refractivity contribution in [3.63, 3.8) is 0 Å². The summed E-state index contributed by atoms with van der Waals surface area (Å²) in [6.07, 6.45) is 11.3. The van der Waals surface area contributed by atoms with Crippen molar-refractivity contribution in [3.8, 4) is 0 Å². The lowest BCUT2D eigenvalue weighted by Crippen LogP contribution is -2.51. The average molecular weight is 322 g/mol. The Morgan fingerprint density at radius 3 is 2.41 bits per heavy atom. The summed E-state index contributed by atoms with van der Waals surface area (Å²) < 4.78 is 6.83. The van der Waals surface area contributed by atoms with Crippen molar-refractivity contribution in [1.29, 1.82) is 0 Å². The predicted octanol–water partition coefficient (Wildman–Crippen LogP) is 4.42. The highest BCUT2D eigenvalue weighted by Crippen LogP contribution is 2.63. The molecule has 4 aliphatic rings. The summed E-state index contributed by atoms with van der Waals surface area (Å²) in [5, 5.41) is 0. The molecular formula is C19H35NOSi. The zero-order chi connectivity index (χ0) is 15.5. The quantitative estimate of drug-likeness (QED) is 0.760. The zero-order valence-corrected chi connectivity index (χ0v) is 16.0. The van der Waals surface area contributed by atoms with E-state index in [2.05, 4.69) is 32.0 Å². The van der Waals surface area contributed by atoms with Gasteiger partial charge in [-0.2, -0.15) is 0 Å². The minimum atomic E-state index is -1.39. The van der Waals surface area contributed by atoms with Crippen LogP contribution in [0.25, 0.3) is 0 Å². The number of hydrogen-bond acceptors (Lipinski definition) is 2. The summed E-state index contributed by atoms with van der Waals surface area (Å²) in [6.45, 7) is 7.58. The van der Waals surface area contributed by atoms with Crippen molar-refractivity contribution in [3.05, 3.63) is 0 Å². The molecule has 1 saturated heterocycles. The van der Waals surface area contributed by atoms with Crippen LogP contribution in [-0.2, 0) is 4.74 Å². The Morgan fingerprint density at radius 2 is 1.68 bits per heavy atom. The van der Waals surface area contributed by atoms with E-state index in [9.17, 15) is 0 Å². The van der Waals surface area contributed by atoms with Crippen LogP contribution in [0.15, 0.2) is 0 Å². The van der Waals surface area contributed by atoms with Crippen molar-refractivity contribution in [2.75, 3.05) is 7.05 Å². The molecule has 3 saturated carbocycles. The summed E-state index contributed by atoms with van der Waals surface area (Å²) in [5.74, 6) is 4.69. The van der Waals surface area contributed by atoms with Crippen molar-refractivity contribution in [2.45, 2.75) is 82.7 Å². The molecule has 126 valence electrons. The van der Waals surface area contributed by atoms with E-state index in [0.717, 1.165) is 35.1 Å². The van der Waals surface area contributed by atoms with Gasteiger partial charge in [-0.05, 0) is 67.9 Å². The molecule has 22 heavy (non-hydrogen) atoms. The summed E-state index contributed by atoms with van der Waals surface area (Å²) in [6, 6.07) is 0. The van der Waals surface area contributed by atoms with E-state index < -0.39 is 8.24 Å². The van der Waals surface area contributed by atoms with E-state index in [1.807, 2.05) is 0 Å². The topological polar surface area (TPSA) is 21.3 Å². The van der Waals surface area contributed by atoms with Gasteiger partial charge in [-0.15, -0.1) is 0 Å². The van der Waals surface area contributed by atoms with Gasteiger partial charge in [-0.25, -0.2) is 0 Å². The molecule has 0 aromatic heterocycles. The van der Waals surface area contributed by atoms with Gasteiger partial charge in [-0.1, -0.05) is 39.3 Å². The minimum absolute atomic E-state index is 0.600. The molecule has 0 radical (unpaired) electrons. The number of rotatable bonds is 2. The van der Waals surface area contributed by atoms with Crippen LogP contribution >= 0.6 is 0 Å². The predicted molar refractivity (Wildman–Crippen MR) is 94.4 cm³/mol. The Kier molecular flexibility index (Phi) is 3.98. The van der Waals surface area contributed by atoms with Crippen LogP contribution < -0.4 is 4.98 Å². The van der Waals surface area contributed by atoms with Crippen molar-refractivity contribution in [2.24, 2.45) is 29.6 Å². The lowest BCUT2D eigenvalue weighted by atomic mass is 9.68. The van der Waals surface area contributed by atoms with E-state index in [1.54, 1.807) is 0 Å². The molecule has 0 bridgehead atoms. The van der Waals surface area contributed by atoms with Gasteiger partial charge >= 0.3 is 0 Å². The second kappa shape index (κ2) is 5.60. The Hall–Kier alpha value is 0.137. The van der Waals surface area contributed by atoms with Crippen LogP contribution in [0.5, 0.6) is 0 Å². The van der Waals surface area contributed by atoms with Gasteiger partial charge in [0.2, 0.25) is 0 Å². The van der Waals surface area contributed by atoms with Crippen LogP contribution in [0.3, 0.4) is 0 Å². The van der Waals surface area contributed by atoms with E-state index in [0.29, 0.717) is 12.2 Å². The van der Waals surface area contributed by atoms with Crippen LogP contribution in [-0.4, -0.2) is 27.5 Å². The van der Waals surface area contributed by atoms with Gasteiger partial charge in [-0.3, -0.25) is 0 Å². The molecule has 8 atom stereocenters. The normalized spacial score (nSPS) is 51.3. The highest BCUT2D eigenvalue weighted by atomic mass is 28.3. The fraction of sp³-hybridized carbons (Fsp3) is 1.00. The number of fused-ring (bicyclic) bond motifs is 5. The lowest BCUT2D eigenvalue weighted by Gasteiger charge is -2.41. The fourth-order valence-corrected chi connectivity index (χ4v) is 9.80. The summed E-state index contributed by atoms with van der Waals surface area (Å²) in [4.78, 5) is 3.78. The summed E-state index contributed by atoms with van der Waals surface area (Å²) in [5.41, 5.74) is 0.855. The molecule has 4 rings (SSSR count). The van der Waals surface area contributed by atoms with E-state index in [-0.39, 0.29) is 0 Å². The van der Waals surface area contributed by atoms with E-state index in [4.69, 9.17) is 4.74 Å². The van der Waals surface area contributed by atoms with Crippen molar-refractivity contribution < 1.29 is 4.74 Å². The van der Waals surface area contributed by atoms with Crippen LogP contribution in [0, 0.1) is 29.6 Å². The first-order valence-electron chi connectivity index (χ1n) is 9.87. The maximum atomic E-state index is 6.83. The maximum absolute atomic E-state index is 6.83. The van der Waals surface area contributed by atoms with E-state index >= 15 is 0 Å². The molecule has 1 N–H and O–H groups in total. The third-order valence-corrected chi connectivity index (χ3v) is 11.7. The third kappa shape index (κ3) is 2.26. The SMILES string of the molecule is CN[Si](C)(C)C1C2CCCCC2C2C3CC(C)CCC3OC21. The zero-order valence-electron chi connectivity index (χ0n) is 15.0. The summed E-state index contributed by atoms with van der Waals surface area (Å²) in [7, 11) is 0.815. The average Bonchev–Trinajstić information content (AvgIpc) is 3.01. The standard InChI is InChI=1S/C19H35NOSi/c1-12-9-10-16-15(11-12)17-13-7-5-6-8-14(13)19(18(17)21-16)22(3,4)20-2/h12-20H,5-11H2,1-4H3. The van der Waals surface area contributed by atoms with Crippen molar-refractivity contribution >= 4 is 8.24 Å². The Morgan fingerprint density at radius 1 is 0.955 bits per heavy atom. The molecule has 2 nitrogen and oxygen atoms in total. The van der Waals surface area contributed by atoms with Gasteiger partial charge in [0, 0.05) is 0 Å². The molecule has 4 fully saturated rings. The first-order chi connectivity index (χ1) is 10.5. The summed E-state index contributed by atoms with van der Waals surface area (Å²) >= 11 is 0. The monoisotopic (exact) mass is 321 g/mol. The Balaban J connectivity index is 1.67. The molecule has 3 aliphatic carbocycles. The van der Waals surface area contributed by atoms with Crippen LogP contribution in [0.1, 0.15) is 51.9 Å². The van der Waals surface area contributed by atoms with Gasteiger partial charge in [0.05, 0.1) is 12.2 Å². The molecule has 3 heteroatoms. The first kappa shape index (κ1) is 15.7. The van der Waals surface area contributed by atoms with Crippen molar-refractivity contribution in [1.82, 2.24) is 4.98 Å². The molecular weight excluding hydrogens is 286 g/mol. The lowest BCUT2D eigenvalue weighted by molar-refractivity contribution is 0.00373. The smallest absolute Gasteiger partial charge is 0.125 e. The third-order valence-electron chi connectivity index (χ3n) is 7.96. The number of ether oxygens (including phenoxy) is 1. The van der Waals surface area contributed by atoms with Gasteiger partial charge in [0.15, 0.2) is 0 Å². The molecule has 0 amide bonds. The van der Waals surface area contributed by atoms with Gasteiger partial charge in [0.1, 0.15) is 8.24 Å².